The summed E-state index contributed by atoms with van der Waals surface area (Å²) in [4.78, 5) is 18.4. The summed E-state index contributed by atoms with van der Waals surface area (Å²) in [5, 5.41) is 2.71. The fourth-order valence-corrected chi connectivity index (χ4v) is 1.17. The van der Waals surface area contributed by atoms with E-state index in [9.17, 15) is 4.79 Å². The maximum absolute atomic E-state index is 11.6. The van der Waals surface area contributed by atoms with Crippen LogP contribution in [-0.2, 0) is 7.05 Å². The Hall–Kier alpha value is -2.04. The Morgan fingerprint density at radius 2 is 2.50 bits per heavy atom. The summed E-state index contributed by atoms with van der Waals surface area (Å²) in [6.07, 6.45) is 6.77. The predicted octanol–water partition coefficient (Wildman–Crippen LogP) is 1.00. The molecule has 0 aliphatic heterocycles. The van der Waals surface area contributed by atoms with Crippen LogP contribution in [-0.4, -0.2) is 20.4 Å². The van der Waals surface area contributed by atoms with E-state index < -0.39 is 0 Å². The summed E-state index contributed by atoms with van der Waals surface area (Å²) in [6, 6.07) is 1.78. The molecule has 0 radical (unpaired) electrons. The van der Waals surface area contributed by atoms with Crippen LogP contribution < -0.4 is 5.32 Å². The number of imidazole rings is 1. The van der Waals surface area contributed by atoms with Crippen LogP contribution >= 0.6 is 0 Å². The standard InChI is InChI=1S/C9H10N4O/c1-13-5-4-11-8(13)9(14)12-7-2-3-10-6-7/h2-6,10H,1H3,(H,12,14). The van der Waals surface area contributed by atoms with Crippen molar-refractivity contribution in [3.05, 3.63) is 36.7 Å². The number of hydrogen-bond acceptors (Lipinski definition) is 2. The van der Waals surface area contributed by atoms with Gasteiger partial charge in [0.25, 0.3) is 5.91 Å². The van der Waals surface area contributed by atoms with Gasteiger partial charge < -0.3 is 14.9 Å². The highest BCUT2D eigenvalue weighted by molar-refractivity contribution is 6.01. The first-order chi connectivity index (χ1) is 6.77. The summed E-state index contributed by atoms with van der Waals surface area (Å²) in [6.45, 7) is 0. The van der Waals surface area contributed by atoms with Gasteiger partial charge in [-0.25, -0.2) is 4.98 Å². The highest BCUT2D eigenvalue weighted by atomic mass is 16.2. The lowest BCUT2D eigenvalue weighted by molar-refractivity contribution is 0.101. The van der Waals surface area contributed by atoms with Crippen molar-refractivity contribution in [2.75, 3.05) is 5.32 Å². The molecule has 0 aliphatic rings. The van der Waals surface area contributed by atoms with Gasteiger partial charge >= 0.3 is 0 Å². The van der Waals surface area contributed by atoms with Crippen LogP contribution in [0.15, 0.2) is 30.9 Å². The second-order valence-electron chi connectivity index (χ2n) is 2.92. The number of anilines is 1. The van der Waals surface area contributed by atoms with E-state index in [2.05, 4.69) is 15.3 Å². The number of hydrogen-bond donors (Lipinski definition) is 2. The minimum absolute atomic E-state index is 0.211. The summed E-state index contributed by atoms with van der Waals surface area (Å²) >= 11 is 0. The molecule has 1 amide bonds. The molecule has 2 aromatic rings. The number of nitrogens with zero attached hydrogens (tertiary/aromatic N) is 2. The lowest BCUT2D eigenvalue weighted by Crippen LogP contribution is -2.16. The van der Waals surface area contributed by atoms with Crippen molar-refractivity contribution in [1.29, 1.82) is 0 Å². The highest BCUT2D eigenvalue weighted by Gasteiger charge is 2.10. The summed E-state index contributed by atoms with van der Waals surface area (Å²) in [5.41, 5.74) is 0.734. The third-order valence-electron chi connectivity index (χ3n) is 1.88. The molecule has 0 unspecified atom stereocenters. The normalized spacial score (nSPS) is 10.1. The fourth-order valence-electron chi connectivity index (χ4n) is 1.17. The van der Waals surface area contributed by atoms with E-state index in [1.165, 1.54) is 0 Å². The molecule has 0 bridgehead atoms. The van der Waals surface area contributed by atoms with Crippen molar-refractivity contribution < 1.29 is 4.79 Å². The van der Waals surface area contributed by atoms with E-state index in [0.717, 1.165) is 5.69 Å². The lowest BCUT2D eigenvalue weighted by atomic mass is 10.4. The largest absolute Gasteiger partial charge is 0.366 e. The topological polar surface area (TPSA) is 62.7 Å². The Bertz CT molecular complexity index is 429. The van der Waals surface area contributed by atoms with Gasteiger partial charge in [-0.3, -0.25) is 4.79 Å². The van der Waals surface area contributed by atoms with Crippen molar-refractivity contribution in [3.63, 3.8) is 0 Å². The van der Waals surface area contributed by atoms with Crippen molar-refractivity contribution in [2.45, 2.75) is 0 Å². The van der Waals surface area contributed by atoms with Gasteiger partial charge in [-0.05, 0) is 6.07 Å². The van der Waals surface area contributed by atoms with E-state index in [4.69, 9.17) is 0 Å². The van der Waals surface area contributed by atoms with Crippen molar-refractivity contribution in [2.24, 2.45) is 7.05 Å². The zero-order valence-electron chi connectivity index (χ0n) is 7.69. The van der Waals surface area contributed by atoms with Gasteiger partial charge in [-0.1, -0.05) is 0 Å². The van der Waals surface area contributed by atoms with Crippen molar-refractivity contribution in [1.82, 2.24) is 14.5 Å². The highest BCUT2D eigenvalue weighted by Crippen LogP contribution is 2.05. The molecular formula is C9H10N4O. The van der Waals surface area contributed by atoms with E-state index in [1.54, 1.807) is 42.5 Å². The number of aromatic nitrogens is 3. The number of H-pyrrole nitrogens is 1. The first-order valence-electron chi connectivity index (χ1n) is 4.19. The van der Waals surface area contributed by atoms with Gasteiger partial charge in [-0.15, -0.1) is 0 Å². The molecule has 0 spiro atoms. The minimum Gasteiger partial charge on any atom is -0.366 e. The molecular weight excluding hydrogens is 180 g/mol. The Kier molecular flexibility index (Phi) is 2.06. The van der Waals surface area contributed by atoms with Gasteiger partial charge in [0.05, 0.1) is 5.69 Å². The van der Waals surface area contributed by atoms with Crippen LogP contribution in [0.1, 0.15) is 10.6 Å². The van der Waals surface area contributed by atoms with E-state index in [1.807, 2.05) is 0 Å². The average Bonchev–Trinajstić information content (AvgIpc) is 2.75. The third kappa shape index (κ3) is 1.52. The maximum Gasteiger partial charge on any atom is 0.291 e. The summed E-state index contributed by atoms with van der Waals surface area (Å²) in [5.74, 6) is 0.184. The Labute approximate surface area is 80.8 Å². The van der Waals surface area contributed by atoms with Crippen LogP contribution in [0.5, 0.6) is 0 Å². The predicted molar refractivity (Wildman–Crippen MR) is 52.0 cm³/mol. The second kappa shape index (κ2) is 3.37. The van der Waals surface area contributed by atoms with Crippen LogP contribution in [0.3, 0.4) is 0 Å². The number of carbonyl (C=O) groups excluding carboxylic acids is 1. The van der Waals surface area contributed by atoms with Crippen LogP contribution in [0.2, 0.25) is 0 Å². The molecule has 5 heteroatoms. The number of carbonyl (C=O) groups is 1. The van der Waals surface area contributed by atoms with Crippen LogP contribution in [0, 0.1) is 0 Å². The van der Waals surface area contributed by atoms with Crippen LogP contribution in [0.4, 0.5) is 5.69 Å². The van der Waals surface area contributed by atoms with E-state index in [-0.39, 0.29) is 5.91 Å². The number of nitrogens with one attached hydrogen (secondary N) is 2. The summed E-state index contributed by atoms with van der Waals surface area (Å²) < 4.78 is 1.67. The zero-order chi connectivity index (χ0) is 9.97. The molecule has 0 saturated heterocycles. The molecule has 0 atom stereocenters. The van der Waals surface area contributed by atoms with Gasteiger partial charge in [0.1, 0.15) is 0 Å². The fraction of sp³-hybridized carbons (Fsp3) is 0.111. The molecule has 0 saturated carbocycles. The number of amides is 1. The van der Waals surface area contributed by atoms with Crippen LogP contribution in [0.25, 0.3) is 0 Å². The molecule has 2 aromatic heterocycles. The first-order valence-corrected chi connectivity index (χ1v) is 4.19. The maximum atomic E-state index is 11.6. The number of aromatic amines is 1. The minimum atomic E-state index is -0.211. The molecule has 2 rings (SSSR count). The Morgan fingerprint density at radius 1 is 1.64 bits per heavy atom. The molecule has 2 heterocycles. The van der Waals surface area contributed by atoms with Gasteiger partial charge in [0.2, 0.25) is 0 Å². The average molecular weight is 190 g/mol. The van der Waals surface area contributed by atoms with Gasteiger partial charge in [0, 0.05) is 31.8 Å². The number of rotatable bonds is 2. The molecule has 72 valence electrons. The Balaban J connectivity index is 2.14. The lowest BCUT2D eigenvalue weighted by Gasteiger charge is -2.01. The zero-order valence-corrected chi connectivity index (χ0v) is 7.69. The SMILES string of the molecule is Cn1ccnc1C(=O)Nc1cc[nH]c1. The van der Waals surface area contributed by atoms with E-state index >= 15 is 0 Å². The molecule has 14 heavy (non-hydrogen) atoms. The second-order valence-corrected chi connectivity index (χ2v) is 2.92. The number of aryl methyl sites for hydroxylation is 1. The Morgan fingerprint density at radius 3 is 3.07 bits per heavy atom. The quantitative estimate of drug-likeness (QED) is 0.742. The summed E-state index contributed by atoms with van der Waals surface area (Å²) in [7, 11) is 1.78. The molecule has 0 aromatic carbocycles. The molecule has 2 N–H and O–H groups in total. The molecule has 0 aliphatic carbocycles. The smallest absolute Gasteiger partial charge is 0.291 e. The van der Waals surface area contributed by atoms with Gasteiger partial charge in [0.15, 0.2) is 5.82 Å². The monoisotopic (exact) mass is 190 g/mol. The van der Waals surface area contributed by atoms with Crippen molar-refractivity contribution in [3.8, 4) is 0 Å². The van der Waals surface area contributed by atoms with Crippen molar-refractivity contribution >= 4 is 11.6 Å². The van der Waals surface area contributed by atoms with Gasteiger partial charge in [-0.2, -0.15) is 0 Å². The molecule has 0 fully saturated rings. The third-order valence-corrected chi connectivity index (χ3v) is 1.88. The van der Waals surface area contributed by atoms with E-state index in [0.29, 0.717) is 5.82 Å². The first kappa shape index (κ1) is 8.55. The molecule has 5 nitrogen and oxygen atoms in total.